The van der Waals surface area contributed by atoms with Crippen molar-refractivity contribution < 1.29 is 9.59 Å². The Bertz CT molecular complexity index is 412. The van der Waals surface area contributed by atoms with Gasteiger partial charge >= 0.3 is 0 Å². The summed E-state index contributed by atoms with van der Waals surface area (Å²) in [6.07, 6.45) is 1.17. The van der Waals surface area contributed by atoms with Crippen molar-refractivity contribution in [2.45, 2.75) is 25.8 Å². The highest BCUT2D eigenvalue weighted by atomic mass is 35.5. The van der Waals surface area contributed by atoms with Crippen molar-refractivity contribution in [1.29, 1.82) is 0 Å². The topological polar surface area (TPSA) is 84.2 Å². The highest BCUT2D eigenvalue weighted by molar-refractivity contribution is 5.85. The molecule has 0 bridgehead atoms. The molecule has 0 heterocycles. The molecule has 0 saturated heterocycles. The maximum atomic E-state index is 11.8. The van der Waals surface area contributed by atoms with Crippen molar-refractivity contribution in [3.05, 3.63) is 35.9 Å². The second-order valence-corrected chi connectivity index (χ2v) is 4.28. The number of hydrogen-bond donors (Lipinski definition) is 3. The summed E-state index contributed by atoms with van der Waals surface area (Å²) >= 11 is 0. The molecule has 0 radical (unpaired) electrons. The number of carbonyl (C=O) groups excluding carboxylic acids is 2. The Balaban J connectivity index is 0.00000361. The third-order valence-electron chi connectivity index (χ3n) is 2.66. The zero-order chi connectivity index (χ0) is 14.1. The van der Waals surface area contributed by atoms with Gasteiger partial charge in [0.2, 0.25) is 11.8 Å². The summed E-state index contributed by atoms with van der Waals surface area (Å²) in [5, 5.41) is 5.41. The van der Waals surface area contributed by atoms with E-state index in [1.165, 1.54) is 0 Å². The Morgan fingerprint density at radius 3 is 2.40 bits per heavy atom. The lowest BCUT2D eigenvalue weighted by molar-refractivity contribution is -0.123. The van der Waals surface area contributed by atoms with Gasteiger partial charge in [0.15, 0.2) is 0 Å². The Hall–Kier alpha value is -1.59. The van der Waals surface area contributed by atoms with E-state index in [0.717, 1.165) is 12.0 Å². The van der Waals surface area contributed by atoms with E-state index in [9.17, 15) is 9.59 Å². The summed E-state index contributed by atoms with van der Waals surface area (Å²) in [6, 6.07) is 8.45. The monoisotopic (exact) mass is 299 g/mol. The average Bonchev–Trinajstić information content (AvgIpc) is 2.45. The highest BCUT2D eigenvalue weighted by Gasteiger charge is 2.14. The van der Waals surface area contributed by atoms with Gasteiger partial charge < -0.3 is 16.4 Å². The van der Waals surface area contributed by atoms with Gasteiger partial charge in [0.25, 0.3) is 0 Å². The highest BCUT2D eigenvalue weighted by Crippen LogP contribution is 2.08. The van der Waals surface area contributed by atoms with Gasteiger partial charge in [-0.1, -0.05) is 37.3 Å². The maximum Gasteiger partial charge on any atom is 0.241 e. The minimum absolute atomic E-state index is 0. The van der Waals surface area contributed by atoms with Gasteiger partial charge in [0.1, 0.15) is 6.04 Å². The van der Waals surface area contributed by atoms with E-state index in [0.29, 0.717) is 13.1 Å². The fraction of sp³-hybridized carbons (Fsp3) is 0.429. The molecule has 0 fully saturated rings. The van der Waals surface area contributed by atoms with E-state index in [2.05, 4.69) is 10.6 Å². The molecule has 6 heteroatoms. The molecule has 1 rings (SSSR count). The molecule has 1 unspecified atom stereocenters. The summed E-state index contributed by atoms with van der Waals surface area (Å²) in [7, 11) is 0. The summed E-state index contributed by atoms with van der Waals surface area (Å²) in [6.45, 7) is 2.95. The molecule has 0 spiro atoms. The number of halogens is 1. The maximum absolute atomic E-state index is 11.8. The number of amides is 2. The quantitative estimate of drug-likeness (QED) is 0.706. The Kier molecular flexibility index (Phi) is 9.41. The van der Waals surface area contributed by atoms with E-state index in [1.54, 1.807) is 12.1 Å². The van der Waals surface area contributed by atoms with Crippen LogP contribution in [0.15, 0.2) is 30.3 Å². The Morgan fingerprint density at radius 1 is 1.15 bits per heavy atom. The van der Waals surface area contributed by atoms with Crippen LogP contribution in [-0.4, -0.2) is 24.9 Å². The first kappa shape index (κ1) is 18.4. The fourth-order valence-corrected chi connectivity index (χ4v) is 1.57. The van der Waals surface area contributed by atoms with Crippen LogP contribution >= 0.6 is 12.4 Å². The third kappa shape index (κ3) is 6.54. The van der Waals surface area contributed by atoms with Gasteiger partial charge in [-0.05, 0) is 12.0 Å². The molecule has 112 valence electrons. The van der Waals surface area contributed by atoms with Crippen LogP contribution in [0.3, 0.4) is 0 Å². The van der Waals surface area contributed by atoms with Crippen molar-refractivity contribution >= 4 is 24.2 Å². The number of nitrogens with one attached hydrogen (secondary N) is 2. The molecule has 1 aromatic carbocycles. The molecule has 5 nitrogen and oxygen atoms in total. The van der Waals surface area contributed by atoms with Crippen LogP contribution < -0.4 is 16.4 Å². The van der Waals surface area contributed by atoms with Gasteiger partial charge in [-0.25, -0.2) is 0 Å². The van der Waals surface area contributed by atoms with Gasteiger partial charge in [-0.15, -0.1) is 12.4 Å². The van der Waals surface area contributed by atoms with E-state index in [4.69, 9.17) is 5.73 Å². The van der Waals surface area contributed by atoms with Crippen LogP contribution in [0, 0.1) is 0 Å². The predicted molar refractivity (Wildman–Crippen MR) is 81.5 cm³/mol. The zero-order valence-corrected chi connectivity index (χ0v) is 12.4. The molecule has 4 N–H and O–H groups in total. The van der Waals surface area contributed by atoms with Gasteiger partial charge in [0, 0.05) is 19.5 Å². The van der Waals surface area contributed by atoms with E-state index in [-0.39, 0.29) is 30.6 Å². The van der Waals surface area contributed by atoms with Crippen LogP contribution in [0.25, 0.3) is 0 Å². The summed E-state index contributed by atoms with van der Waals surface area (Å²) < 4.78 is 0. The lowest BCUT2D eigenvalue weighted by Gasteiger charge is -2.12. The second-order valence-electron chi connectivity index (χ2n) is 4.28. The smallest absolute Gasteiger partial charge is 0.241 e. The van der Waals surface area contributed by atoms with Crippen molar-refractivity contribution in [3.8, 4) is 0 Å². The number of nitrogens with two attached hydrogens (primary N) is 1. The third-order valence-corrected chi connectivity index (χ3v) is 2.66. The first-order valence-electron chi connectivity index (χ1n) is 6.50. The molecule has 1 aromatic rings. The van der Waals surface area contributed by atoms with Crippen molar-refractivity contribution in [3.63, 3.8) is 0 Å². The Labute approximate surface area is 125 Å². The van der Waals surface area contributed by atoms with Crippen LogP contribution in [0.4, 0.5) is 0 Å². The van der Waals surface area contributed by atoms with Gasteiger partial charge in [-0.3, -0.25) is 9.59 Å². The Morgan fingerprint density at radius 2 is 1.80 bits per heavy atom. The first-order chi connectivity index (χ1) is 9.15. The van der Waals surface area contributed by atoms with E-state index < -0.39 is 6.04 Å². The molecule has 0 saturated carbocycles. The normalized spacial score (nSPS) is 11.1. The van der Waals surface area contributed by atoms with Crippen molar-refractivity contribution in [2.75, 3.05) is 13.1 Å². The number of rotatable bonds is 7. The van der Waals surface area contributed by atoms with E-state index in [1.807, 2.05) is 25.1 Å². The van der Waals surface area contributed by atoms with Gasteiger partial charge in [0.05, 0.1) is 0 Å². The van der Waals surface area contributed by atoms with Crippen molar-refractivity contribution in [1.82, 2.24) is 10.6 Å². The minimum atomic E-state index is -0.695. The second kappa shape index (κ2) is 10.2. The van der Waals surface area contributed by atoms with Crippen LogP contribution in [0.2, 0.25) is 0 Å². The molecule has 1 atom stereocenters. The molecular formula is C14H22ClN3O2. The molecule has 0 aliphatic rings. The van der Waals surface area contributed by atoms with Crippen LogP contribution in [-0.2, 0) is 9.59 Å². The predicted octanol–water partition coefficient (Wildman–Crippen LogP) is 1.14. The molecule has 0 aromatic heterocycles. The largest absolute Gasteiger partial charge is 0.356 e. The number of benzene rings is 1. The average molecular weight is 300 g/mol. The molecule has 20 heavy (non-hydrogen) atoms. The van der Waals surface area contributed by atoms with Crippen LogP contribution in [0.5, 0.6) is 0 Å². The van der Waals surface area contributed by atoms with Gasteiger partial charge in [-0.2, -0.15) is 0 Å². The molecular weight excluding hydrogens is 278 g/mol. The SMILES string of the molecule is CCCNC(=O)CCNC(=O)C(N)c1ccccc1.Cl. The van der Waals surface area contributed by atoms with Crippen molar-refractivity contribution in [2.24, 2.45) is 5.73 Å². The summed E-state index contributed by atoms with van der Waals surface area (Å²) in [5.41, 5.74) is 6.58. The lowest BCUT2D eigenvalue weighted by atomic mass is 10.1. The fourth-order valence-electron chi connectivity index (χ4n) is 1.57. The number of carbonyl (C=O) groups is 2. The first-order valence-corrected chi connectivity index (χ1v) is 6.50. The summed E-state index contributed by atoms with van der Waals surface area (Å²) in [5.74, 6) is -0.329. The standard InChI is InChI=1S/C14H21N3O2.ClH/c1-2-9-16-12(18)8-10-17-14(19)13(15)11-6-4-3-5-7-11;/h3-7,13H,2,8-10,15H2,1H3,(H,16,18)(H,17,19);1H. The molecule has 2 amide bonds. The minimum Gasteiger partial charge on any atom is -0.356 e. The molecule has 0 aliphatic heterocycles. The molecule has 0 aliphatic carbocycles. The number of hydrogen-bond acceptors (Lipinski definition) is 3. The summed E-state index contributed by atoms with van der Waals surface area (Å²) in [4.78, 5) is 23.1. The zero-order valence-electron chi connectivity index (χ0n) is 11.6. The van der Waals surface area contributed by atoms with E-state index >= 15 is 0 Å². The lowest BCUT2D eigenvalue weighted by Crippen LogP contribution is -2.36. The van der Waals surface area contributed by atoms with Crippen LogP contribution in [0.1, 0.15) is 31.4 Å².